The molecule has 2 aromatic heterocycles. The third kappa shape index (κ3) is 2.67. The summed E-state index contributed by atoms with van der Waals surface area (Å²) in [6.07, 6.45) is 2.69. The number of unbranched alkanes of at least 4 members (excludes halogenated alkanes) is 1. The van der Waals surface area contributed by atoms with Crippen LogP contribution in [0, 0.1) is 0 Å². The Morgan fingerprint density at radius 3 is 2.80 bits per heavy atom. The molecule has 0 atom stereocenters. The van der Waals surface area contributed by atoms with Crippen LogP contribution in [-0.2, 0) is 6.42 Å². The third-order valence-corrected chi connectivity index (χ3v) is 3.14. The van der Waals surface area contributed by atoms with Crippen LogP contribution in [0.4, 0.5) is 0 Å². The monoisotopic (exact) mass is 268 g/mol. The smallest absolute Gasteiger partial charge is 0.227 e. The van der Waals surface area contributed by atoms with Gasteiger partial charge in [0.05, 0.1) is 5.52 Å². The number of pyridine rings is 1. The number of hydrogen-bond acceptors (Lipinski definition) is 5. The predicted octanol–water partition coefficient (Wildman–Crippen LogP) is 2.57. The molecule has 0 radical (unpaired) electrons. The molecule has 0 aliphatic heterocycles. The van der Waals surface area contributed by atoms with Gasteiger partial charge in [0.2, 0.25) is 11.7 Å². The molecule has 5 heteroatoms. The highest BCUT2D eigenvalue weighted by atomic mass is 16.5. The van der Waals surface area contributed by atoms with E-state index in [1.807, 2.05) is 36.4 Å². The quantitative estimate of drug-likeness (QED) is 0.719. The Labute approximate surface area is 116 Å². The zero-order valence-corrected chi connectivity index (χ0v) is 11.1. The van der Waals surface area contributed by atoms with E-state index in [2.05, 4.69) is 15.1 Å². The second-order valence-corrected chi connectivity index (χ2v) is 4.65. The van der Waals surface area contributed by atoms with Crippen molar-refractivity contribution in [2.45, 2.75) is 19.3 Å². The summed E-state index contributed by atoms with van der Waals surface area (Å²) in [7, 11) is 0. The zero-order valence-electron chi connectivity index (χ0n) is 11.1. The Bertz CT molecular complexity index is 708. The SMILES string of the molecule is NCCCCc1nc(-c2ccc3ccccc3n2)no1. The van der Waals surface area contributed by atoms with E-state index >= 15 is 0 Å². The van der Waals surface area contributed by atoms with Crippen molar-refractivity contribution in [2.24, 2.45) is 5.73 Å². The van der Waals surface area contributed by atoms with Crippen molar-refractivity contribution in [1.82, 2.24) is 15.1 Å². The Kier molecular flexibility index (Phi) is 3.69. The van der Waals surface area contributed by atoms with E-state index in [9.17, 15) is 0 Å². The average molecular weight is 268 g/mol. The number of aromatic nitrogens is 3. The van der Waals surface area contributed by atoms with Gasteiger partial charge in [0.1, 0.15) is 5.69 Å². The summed E-state index contributed by atoms with van der Waals surface area (Å²) in [6.45, 7) is 0.688. The van der Waals surface area contributed by atoms with E-state index in [-0.39, 0.29) is 0 Å². The predicted molar refractivity (Wildman–Crippen MR) is 77.0 cm³/mol. The van der Waals surface area contributed by atoms with Gasteiger partial charge in [-0.15, -0.1) is 0 Å². The van der Waals surface area contributed by atoms with Crippen molar-refractivity contribution in [3.05, 3.63) is 42.3 Å². The molecule has 2 heterocycles. The van der Waals surface area contributed by atoms with Gasteiger partial charge in [-0.3, -0.25) is 0 Å². The minimum absolute atomic E-state index is 0.540. The first-order valence-electron chi connectivity index (χ1n) is 6.75. The van der Waals surface area contributed by atoms with Crippen LogP contribution in [0.1, 0.15) is 18.7 Å². The van der Waals surface area contributed by atoms with Gasteiger partial charge in [-0.2, -0.15) is 4.98 Å². The Morgan fingerprint density at radius 2 is 1.90 bits per heavy atom. The van der Waals surface area contributed by atoms with Crippen molar-refractivity contribution in [2.75, 3.05) is 6.54 Å². The molecular formula is C15H16N4O. The molecule has 0 unspecified atom stereocenters. The summed E-state index contributed by atoms with van der Waals surface area (Å²) in [5.74, 6) is 1.18. The van der Waals surface area contributed by atoms with Crippen molar-refractivity contribution < 1.29 is 4.52 Å². The number of benzene rings is 1. The van der Waals surface area contributed by atoms with E-state index in [4.69, 9.17) is 10.3 Å². The normalized spacial score (nSPS) is 11.1. The maximum atomic E-state index is 5.47. The van der Waals surface area contributed by atoms with Crippen molar-refractivity contribution in [3.8, 4) is 11.5 Å². The summed E-state index contributed by atoms with van der Waals surface area (Å²) in [4.78, 5) is 8.93. The molecule has 0 spiro atoms. The van der Waals surface area contributed by atoms with Gasteiger partial charge < -0.3 is 10.3 Å². The van der Waals surface area contributed by atoms with E-state index in [1.165, 1.54) is 0 Å². The first-order chi connectivity index (χ1) is 9.86. The second kappa shape index (κ2) is 5.79. The number of hydrogen-bond donors (Lipinski definition) is 1. The summed E-state index contributed by atoms with van der Waals surface area (Å²) >= 11 is 0. The van der Waals surface area contributed by atoms with Crippen LogP contribution in [0.25, 0.3) is 22.4 Å². The lowest BCUT2D eigenvalue weighted by atomic mass is 10.2. The van der Waals surface area contributed by atoms with E-state index in [0.29, 0.717) is 18.3 Å². The molecule has 0 saturated carbocycles. The van der Waals surface area contributed by atoms with Gasteiger partial charge in [0.25, 0.3) is 0 Å². The fraction of sp³-hybridized carbons (Fsp3) is 0.267. The van der Waals surface area contributed by atoms with Gasteiger partial charge in [0, 0.05) is 11.8 Å². The Balaban J connectivity index is 1.83. The van der Waals surface area contributed by atoms with Gasteiger partial charge in [-0.25, -0.2) is 4.98 Å². The Morgan fingerprint density at radius 1 is 1.00 bits per heavy atom. The number of aryl methyl sites for hydroxylation is 1. The molecule has 20 heavy (non-hydrogen) atoms. The van der Waals surface area contributed by atoms with Crippen LogP contribution in [0.3, 0.4) is 0 Å². The molecule has 0 fully saturated rings. The number of rotatable bonds is 5. The lowest BCUT2D eigenvalue weighted by molar-refractivity contribution is 0.375. The second-order valence-electron chi connectivity index (χ2n) is 4.65. The largest absolute Gasteiger partial charge is 0.339 e. The van der Waals surface area contributed by atoms with Gasteiger partial charge in [-0.05, 0) is 31.5 Å². The molecule has 3 rings (SSSR count). The molecule has 3 aromatic rings. The lowest BCUT2D eigenvalue weighted by Gasteiger charge is -1.98. The molecule has 102 valence electrons. The number of para-hydroxylation sites is 1. The fourth-order valence-electron chi connectivity index (χ4n) is 2.07. The molecular weight excluding hydrogens is 252 g/mol. The topological polar surface area (TPSA) is 77.8 Å². The molecule has 0 amide bonds. The van der Waals surface area contributed by atoms with Gasteiger partial charge in [-0.1, -0.05) is 29.4 Å². The molecule has 5 nitrogen and oxygen atoms in total. The number of nitrogens with zero attached hydrogens (tertiary/aromatic N) is 3. The van der Waals surface area contributed by atoms with Crippen molar-refractivity contribution in [1.29, 1.82) is 0 Å². The molecule has 0 saturated heterocycles. The first kappa shape index (κ1) is 12.7. The van der Waals surface area contributed by atoms with Crippen LogP contribution in [0.15, 0.2) is 40.9 Å². The van der Waals surface area contributed by atoms with Crippen LogP contribution in [0.5, 0.6) is 0 Å². The summed E-state index contributed by atoms with van der Waals surface area (Å²) in [5.41, 5.74) is 7.13. The zero-order chi connectivity index (χ0) is 13.8. The maximum Gasteiger partial charge on any atom is 0.227 e. The minimum atomic E-state index is 0.540. The van der Waals surface area contributed by atoms with E-state index < -0.39 is 0 Å². The molecule has 0 bridgehead atoms. The minimum Gasteiger partial charge on any atom is -0.339 e. The number of nitrogens with two attached hydrogens (primary N) is 1. The number of fused-ring (bicyclic) bond motifs is 1. The summed E-state index contributed by atoms with van der Waals surface area (Å²) in [6, 6.07) is 11.9. The molecule has 0 aliphatic carbocycles. The molecule has 1 aromatic carbocycles. The van der Waals surface area contributed by atoms with Gasteiger partial charge in [0.15, 0.2) is 0 Å². The van der Waals surface area contributed by atoms with Gasteiger partial charge >= 0.3 is 0 Å². The van der Waals surface area contributed by atoms with Crippen molar-refractivity contribution >= 4 is 10.9 Å². The van der Waals surface area contributed by atoms with E-state index in [1.54, 1.807) is 0 Å². The summed E-state index contributed by atoms with van der Waals surface area (Å²) in [5, 5.41) is 5.09. The standard InChI is InChI=1S/C15H16N4O/c16-10-4-3-7-14-18-15(19-20-14)13-9-8-11-5-1-2-6-12(11)17-13/h1-2,5-6,8-9H,3-4,7,10,16H2. The fourth-order valence-corrected chi connectivity index (χ4v) is 2.07. The lowest BCUT2D eigenvalue weighted by Crippen LogP contribution is -1.99. The average Bonchev–Trinajstić information content (AvgIpc) is 2.96. The Hall–Kier alpha value is -2.27. The highest BCUT2D eigenvalue weighted by Crippen LogP contribution is 2.18. The van der Waals surface area contributed by atoms with Crippen LogP contribution < -0.4 is 5.73 Å². The van der Waals surface area contributed by atoms with E-state index in [0.717, 1.165) is 35.9 Å². The van der Waals surface area contributed by atoms with Crippen molar-refractivity contribution in [3.63, 3.8) is 0 Å². The first-order valence-corrected chi connectivity index (χ1v) is 6.75. The molecule has 0 aliphatic rings. The highest BCUT2D eigenvalue weighted by molar-refractivity contribution is 5.80. The maximum absolute atomic E-state index is 5.47. The van der Waals surface area contributed by atoms with Crippen LogP contribution >= 0.6 is 0 Å². The summed E-state index contributed by atoms with van der Waals surface area (Å²) < 4.78 is 5.24. The van der Waals surface area contributed by atoms with Crippen LogP contribution in [-0.4, -0.2) is 21.7 Å². The highest BCUT2D eigenvalue weighted by Gasteiger charge is 2.10. The molecule has 2 N–H and O–H groups in total. The third-order valence-electron chi connectivity index (χ3n) is 3.14. The van der Waals surface area contributed by atoms with Crippen LogP contribution in [0.2, 0.25) is 0 Å².